The average molecular weight is 196 g/mol. The van der Waals surface area contributed by atoms with E-state index in [1.165, 1.54) is 38.5 Å². The van der Waals surface area contributed by atoms with Crippen molar-refractivity contribution < 1.29 is 9.53 Å². The van der Waals surface area contributed by atoms with E-state index < -0.39 is 0 Å². The number of rotatable bonds is 2. The Labute approximate surface area is 86.0 Å². The molecule has 0 spiro atoms. The van der Waals surface area contributed by atoms with Crippen LogP contribution >= 0.6 is 0 Å². The number of carbonyl (C=O) groups excluding carboxylic acids is 1. The Morgan fingerprint density at radius 3 is 2.21 bits per heavy atom. The normalized spacial score (nSPS) is 36.5. The molecule has 2 aliphatic carbocycles. The van der Waals surface area contributed by atoms with Crippen LogP contribution in [0.5, 0.6) is 0 Å². The molecule has 2 heteroatoms. The Morgan fingerprint density at radius 2 is 1.71 bits per heavy atom. The molecule has 0 heterocycles. The fourth-order valence-corrected chi connectivity index (χ4v) is 2.93. The zero-order chi connectivity index (χ0) is 9.97. The molecule has 0 aromatic heterocycles. The number of esters is 1. The molecule has 2 aliphatic rings. The van der Waals surface area contributed by atoms with Crippen LogP contribution in [0.1, 0.15) is 45.4 Å². The van der Waals surface area contributed by atoms with Gasteiger partial charge in [-0.15, -0.1) is 0 Å². The Kier molecular flexibility index (Phi) is 3.09. The van der Waals surface area contributed by atoms with Gasteiger partial charge in [0.1, 0.15) is 0 Å². The minimum atomic E-state index is 0.0735. The molecular formula is C12H20O2. The number of carbonyl (C=O) groups is 1. The molecule has 2 rings (SSSR count). The minimum absolute atomic E-state index is 0.0735. The van der Waals surface area contributed by atoms with E-state index in [-0.39, 0.29) is 11.9 Å². The van der Waals surface area contributed by atoms with Crippen LogP contribution in [0.3, 0.4) is 0 Å². The van der Waals surface area contributed by atoms with Crippen molar-refractivity contribution in [3.8, 4) is 0 Å². The molecule has 14 heavy (non-hydrogen) atoms. The van der Waals surface area contributed by atoms with Crippen LogP contribution in [0.25, 0.3) is 0 Å². The van der Waals surface area contributed by atoms with Crippen LogP contribution in [0, 0.1) is 17.8 Å². The summed E-state index contributed by atoms with van der Waals surface area (Å²) in [6, 6.07) is 0. The molecule has 0 radical (unpaired) electrons. The molecule has 2 unspecified atom stereocenters. The van der Waals surface area contributed by atoms with Crippen LogP contribution in [0.4, 0.5) is 0 Å². The van der Waals surface area contributed by atoms with E-state index in [9.17, 15) is 4.79 Å². The molecular weight excluding hydrogens is 176 g/mol. The van der Waals surface area contributed by atoms with Gasteiger partial charge in [0.2, 0.25) is 0 Å². The quantitative estimate of drug-likeness (QED) is 0.635. The van der Waals surface area contributed by atoms with E-state index in [2.05, 4.69) is 0 Å². The van der Waals surface area contributed by atoms with Gasteiger partial charge >= 0.3 is 5.97 Å². The third kappa shape index (κ3) is 1.94. The molecule has 2 nitrogen and oxygen atoms in total. The standard InChI is InChI=1S/C12H20O2/c1-2-14-12(13)11-9-7-5-3-4-6-8-10(9)11/h9-11H,2-8H2,1H3. The summed E-state index contributed by atoms with van der Waals surface area (Å²) in [6.07, 6.45) is 7.87. The second-order valence-electron chi connectivity index (χ2n) is 4.60. The van der Waals surface area contributed by atoms with Crippen molar-refractivity contribution in [3.05, 3.63) is 0 Å². The molecule has 2 atom stereocenters. The predicted molar refractivity (Wildman–Crippen MR) is 54.8 cm³/mol. The largest absolute Gasteiger partial charge is 0.466 e. The van der Waals surface area contributed by atoms with Gasteiger partial charge in [-0.25, -0.2) is 0 Å². The highest BCUT2D eigenvalue weighted by atomic mass is 16.5. The van der Waals surface area contributed by atoms with Crippen LogP contribution in [-0.2, 0) is 9.53 Å². The molecule has 0 bridgehead atoms. The maximum absolute atomic E-state index is 11.6. The predicted octanol–water partition coefficient (Wildman–Crippen LogP) is 2.77. The molecule has 80 valence electrons. The Morgan fingerprint density at radius 1 is 1.14 bits per heavy atom. The Balaban J connectivity index is 1.87. The highest BCUT2D eigenvalue weighted by Crippen LogP contribution is 2.53. The summed E-state index contributed by atoms with van der Waals surface area (Å²) in [5.41, 5.74) is 0. The van der Waals surface area contributed by atoms with E-state index >= 15 is 0 Å². The van der Waals surface area contributed by atoms with Crippen molar-refractivity contribution in [2.45, 2.75) is 45.4 Å². The molecule has 0 aliphatic heterocycles. The lowest BCUT2D eigenvalue weighted by molar-refractivity contribution is -0.145. The molecule has 0 N–H and O–H groups in total. The van der Waals surface area contributed by atoms with Gasteiger partial charge < -0.3 is 4.74 Å². The molecule has 0 saturated heterocycles. The van der Waals surface area contributed by atoms with Gasteiger partial charge in [0.05, 0.1) is 12.5 Å². The van der Waals surface area contributed by atoms with Gasteiger partial charge in [-0.1, -0.05) is 25.7 Å². The molecule has 2 saturated carbocycles. The van der Waals surface area contributed by atoms with E-state index in [4.69, 9.17) is 4.74 Å². The van der Waals surface area contributed by atoms with Crippen molar-refractivity contribution in [2.24, 2.45) is 17.8 Å². The first kappa shape index (κ1) is 10.0. The van der Waals surface area contributed by atoms with Crippen LogP contribution in [0.2, 0.25) is 0 Å². The highest BCUT2D eigenvalue weighted by Gasteiger charge is 2.54. The van der Waals surface area contributed by atoms with Crippen molar-refractivity contribution in [1.29, 1.82) is 0 Å². The second-order valence-corrected chi connectivity index (χ2v) is 4.60. The van der Waals surface area contributed by atoms with Gasteiger partial charge in [0.15, 0.2) is 0 Å². The van der Waals surface area contributed by atoms with Crippen LogP contribution in [0.15, 0.2) is 0 Å². The number of hydrogen-bond acceptors (Lipinski definition) is 2. The summed E-state index contributed by atoms with van der Waals surface area (Å²) in [5, 5.41) is 0. The van der Waals surface area contributed by atoms with E-state index in [0.29, 0.717) is 18.4 Å². The number of ether oxygens (including phenoxy) is 1. The van der Waals surface area contributed by atoms with Crippen molar-refractivity contribution in [3.63, 3.8) is 0 Å². The first-order valence-electron chi connectivity index (χ1n) is 6.01. The minimum Gasteiger partial charge on any atom is -0.466 e. The SMILES string of the molecule is CCOC(=O)C1C2CCCCCCC21. The van der Waals surface area contributed by atoms with Crippen molar-refractivity contribution in [1.82, 2.24) is 0 Å². The van der Waals surface area contributed by atoms with Gasteiger partial charge in [-0.2, -0.15) is 0 Å². The lowest BCUT2D eigenvalue weighted by Gasteiger charge is -2.04. The third-order valence-corrected chi connectivity index (χ3v) is 3.72. The van der Waals surface area contributed by atoms with Crippen LogP contribution in [-0.4, -0.2) is 12.6 Å². The van der Waals surface area contributed by atoms with Gasteiger partial charge in [-0.3, -0.25) is 4.79 Å². The summed E-state index contributed by atoms with van der Waals surface area (Å²) in [7, 11) is 0. The lowest BCUT2D eigenvalue weighted by atomic mass is 10.0. The van der Waals surface area contributed by atoms with E-state index in [1.807, 2.05) is 6.92 Å². The molecule has 0 aromatic rings. The van der Waals surface area contributed by atoms with Gasteiger partial charge in [0.25, 0.3) is 0 Å². The van der Waals surface area contributed by atoms with Gasteiger partial charge in [0, 0.05) is 0 Å². The zero-order valence-electron chi connectivity index (χ0n) is 9.00. The Hall–Kier alpha value is -0.530. The fraction of sp³-hybridized carbons (Fsp3) is 0.917. The monoisotopic (exact) mass is 196 g/mol. The topological polar surface area (TPSA) is 26.3 Å². The summed E-state index contributed by atoms with van der Waals surface area (Å²) >= 11 is 0. The summed E-state index contributed by atoms with van der Waals surface area (Å²) in [6.45, 7) is 2.43. The molecule has 2 fully saturated rings. The molecule has 0 aromatic carbocycles. The fourth-order valence-electron chi connectivity index (χ4n) is 2.93. The van der Waals surface area contributed by atoms with Crippen LogP contribution < -0.4 is 0 Å². The summed E-state index contributed by atoms with van der Waals surface area (Å²) < 4.78 is 5.10. The van der Waals surface area contributed by atoms with E-state index in [1.54, 1.807) is 0 Å². The van der Waals surface area contributed by atoms with Gasteiger partial charge in [-0.05, 0) is 31.6 Å². The highest BCUT2D eigenvalue weighted by molar-refractivity contribution is 5.76. The van der Waals surface area contributed by atoms with Crippen molar-refractivity contribution >= 4 is 5.97 Å². The first-order valence-corrected chi connectivity index (χ1v) is 6.01. The number of hydrogen-bond donors (Lipinski definition) is 0. The maximum Gasteiger partial charge on any atom is 0.309 e. The first-order chi connectivity index (χ1) is 6.84. The van der Waals surface area contributed by atoms with Crippen molar-refractivity contribution in [2.75, 3.05) is 6.61 Å². The second kappa shape index (κ2) is 4.33. The summed E-state index contributed by atoms with van der Waals surface area (Å²) in [4.78, 5) is 11.6. The summed E-state index contributed by atoms with van der Waals surface area (Å²) in [5.74, 6) is 1.70. The average Bonchev–Trinajstić information content (AvgIpc) is 2.77. The number of fused-ring (bicyclic) bond motifs is 1. The maximum atomic E-state index is 11.6. The lowest BCUT2D eigenvalue weighted by Crippen LogP contribution is -2.08. The smallest absolute Gasteiger partial charge is 0.309 e. The molecule has 0 amide bonds. The van der Waals surface area contributed by atoms with E-state index in [0.717, 1.165) is 0 Å². The zero-order valence-corrected chi connectivity index (χ0v) is 9.00. The third-order valence-electron chi connectivity index (χ3n) is 3.72. The Bertz CT molecular complexity index is 198.